The summed E-state index contributed by atoms with van der Waals surface area (Å²) in [6.07, 6.45) is 0. The standard InChI is InChI=1S/C16H12F3NO/c1-8-3-2-4-9-7-13(21-16(8)9)15(20)10-5-11(17)14(19)12(18)6-10/h2-7,15H,20H2,1H3. The van der Waals surface area contributed by atoms with E-state index in [0.29, 0.717) is 11.3 Å². The van der Waals surface area contributed by atoms with E-state index >= 15 is 0 Å². The minimum absolute atomic E-state index is 0.114. The fourth-order valence-electron chi connectivity index (χ4n) is 2.30. The molecule has 0 saturated heterocycles. The predicted molar refractivity (Wildman–Crippen MR) is 73.3 cm³/mol. The van der Waals surface area contributed by atoms with Crippen molar-refractivity contribution in [1.29, 1.82) is 0 Å². The molecule has 2 N–H and O–H groups in total. The monoisotopic (exact) mass is 291 g/mol. The summed E-state index contributed by atoms with van der Waals surface area (Å²) < 4.78 is 45.2. The summed E-state index contributed by atoms with van der Waals surface area (Å²) in [4.78, 5) is 0. The number of para-hydroxylation sites is 1. The Balaban J connectivity index is 2.08. The van der Waals surface area contributed by atoms with Crippen molar-refractivity contribution in [2.24, 2.45) is 5.73 Å². The van der Waals surface area contributed by atoms with Crippen molar-refractivity contribution in [3.8, 4) is 0 Å². The van der Waals surface area contributed by atoms with Crippen molar-refractivity contribution in [1.82, 2.24) is 0 Å². The van der Waals surface area contributed by atoms with Crippen LogP contribution in [0.3, 0.4) is 0 Å². The molecule has 0 fully saturated rings. The molecule has 3 aromatic rings. The van der Waals surface area contributed by atoms with E-state index < -0.39 is 23.5 Å². The summed E-state index contributed by atoms with van der Waals surface area (Å²) in [7, 11) is 0. The summed E-state index contributed by atoms with van der Waals surface area (Å²) in [6.45, 7) is 1.89. The fourth-order valence-corrected chi connectivity index (χ4v) is 2.30. The van der Waals surface area contributed by atoms with Crippen LogP contribution in [-0.4, -0.2) is 0 Å². The third-order valence-corrected chi connectivity index (χ3v) is 3.43. The lowest BCUT2D eigenvalue weighted by atomic mass is 10.0. The number of aryl methyl sites for hydroxylation is 1. The normalized spacial score (nSPS) is 12.8. The van der Waals surface area contributed by atoms with Crippen molar-refractivity contribution in [3.05, 3.63) is 70.7 Å². The molecule has 2 aromatic carbocycles. The number of fused-ring (bicyclic) bond motifs is 1. The lowest BCUT2D eigenvalue weighted by molar-refractivity contribution is 0.442. The molecule has 0 aliphatic heterocycles. The first-order chi connectivity index (χ1) is 9.97. The Morgan fingerprint density at radius 2 is 1.71 bits per heavy atom. The molecule has 0 aliphatic rings. The molecule has 1 unspecified atom stereocenters. The number of halogens is 3. The largest absolute Gasteiger partial charge is 0.459 e. The Hall–Kier alpha value is -2.27. The van der Waals surface area contributed by atoms with Crippen LogP contribution in [0.15, 0.2) is 40.8 Å². The Morgan fingerprint density at radius 1 is 1.05 bits per heavy atom. The number of hydrogen-bond acceptors (Lipinski definition) is 2. The topological polar surface area (TPSA) is 39.2 Å². The van der Waals surface area contributed by atoms with Crippen LogP contribution in [0.25, 0.3) is 11.0 Å². The molecule has 0 amide bonds. The van der Waals surface area contributed by atoms with Crippen LogP contribution in [0.4, 0.5) is 13.2 Å². The summed E-state index contributed by atoms with van der Waals surface area (Å²) in [5.41, 5.74) is 7.69. The molecule has 0 saturated carbocycles. The predicted octanol–water partition coefficient (Wildman–Crippen LogP) is 4.21. The first-order valence-corrected chi connectivity index (χ1v) is 6.36. The zero-order chi connectivity index (χ0) is 15.1. The van der Waals surface area contributed by atoms with Crippen LogP contribution in [0.5, 0.6) is 0 Å². The van der Waals surface area contributed by atoms with Crippen LogP contribution in [0.1, 0.15) is 22.9 Å². The molecule has 2 nitrogen and oxygen atoms in total. The second-order valence-corrected chi connectivity index (χ2v) is 4.92. The van der Waals surface area contributed by atoms with Gasteiger partial charge in [0.15, 0.2) is 17.5 Å². The Bertz CT molecular complexity index is 802. The highest BCUT2D eigenvalue weighted by atomic mass is 19.2. The molecule has 1 atom stereocenters. The molecular formula is C16H12F3NO. The molecule has 0 bridgehead atoms. The van der Waals surface area contributed by atoms with Crippen molar-refractivity contribution in [3.63, 3.8) is 0 Å². The first kappa shape index (κ1) is 13.7. The average Bonchev–Trinajstić information content (AvgIpc) is 2.89. The van der Waals surface area contributed by atoms with Crippen LogP contribution in [0.2, 0.25) is 0 Å². The molecule has 0 radical (unpaired) electrons. The van der Waals surface area contributed by atoms with Crippen molar-refractivity contribution in [2.75, 3.05) is 0 Å². The van der Waals surface area contributed by atoms with Gasteiger partial charge in [-0.1, -0.05) is 18.2 Å². The van der Waals surface area contributed by atoms with Gasteiger partial charge in [0.1, 0.15) is 11.3 Å². The van der Waals surface area contributed by atoms with Crippen LogP contribution < -0.4 is 5.73 Å². The summed E-state index contributed by atoms with van der Waals surface area (Å²) in [5, 5.41) is 0.850. The number of furan rings is 1. The van der Waals surface area contributed by atoms with Crippen molar-refractivity contribution in [2.45, 2.75) is 13.0 Å². The molecular weight excluding hydrogens is 279 g/mol. The van der Waals surface area contributed by atoms with Crippen molar-refractivity contribution >= 4 is 11.0 Å². The van der Waals surface area contributed by atoms with Gasteiger partial charge in [0.25, 0.3) is 0 Å². The van der Waals surface area contributed by atoms with Crippen LogP contribution >= 0.6 is 0 Å². The van der Waals surface area contributed by atoms with E-state index in [0.717, 1.165) is 23.1 Å². The summed E-state index contributed by atoms with van der Waals surface area (Å²) in [5.74, 6) is -3.68. The van der Waals surface area contributed by atoms with E-state index in [1.165, 1.54) is 0 Å². The maximum atomic E-state index is 13.3. The smallest absolute Gasteiger partial charge is 0.194 e. The molecule has 21 heavy (non-hydrogen) atoms. The van der Waals surface area contributed by atoms with Gasteiger partial charge in [0.2, 0.25) is 0 Å². The molecule has 5 heteroatoms. The quantitative estimate of drug-likeness (QED) is 0.718. The average molecular weight is 291 g/mol. The number of hydrogen-bond donors (Lipinski definition) is 1. The SMILES string of the molecule is Cc1cccc2cc(C(N)c3cc(F)c(F)c(F)c3)oc12. The van der Waals surface area contributed by atoms with E-state index in [9.17, 15) is 13.2 Å². The summed E-state index contributed by atoms with van der Waals surface area (Å²) >= 11 is 0. The highest BCUT2D eigenvalue weighted by molar-refractivity contribution is 5.81. The Morgan fingerprint density at radius 3 is 2.33 bits per heavy atom. The van der Waals surface area contributed by atoms with Gasteiger partial charge in [-0.2, -0.15) is 0 Å². The fraction of sp³-hybridized carbons (Fsp3) is 0.125. The zero-order valence-electron chi connectivity index (χ0n) is 11.2. The van der Waals surface area contributed by atoms with Crippen LogP contribution in [0, 0.1) is 24.4 Å². The van der Waals surface area contributed by atoms with E-state index in [1.807, 2.05) is 25.1 Å². The highest BCUT2D eigenvalue weighted by Gasteiger charge is 2.19. The van der Waals surface area contributed by atoms with Gasteiger partial charge in [-0.25, -0.2) is 13.2 Å². The second kappa shape index (κ2) is 4.93. The molecule has 1 aromatic heterocycles. The van der Waals surface area contributed by atoms with Gasteiger partial charge in [-0.15, -0.1) is 0 Å². The minimum Gasteiger partial charge on any atom is -0.459 e. The van der Waals surface area contributed by atoms with Crippen LogP contribution in [-0.2, 0) is 0 Å². The molecule has 108 valence electrons. The minimum atomic E-state index is -1.51. The lowest BCUT2D eigenvalue weighted by Crippen LogP contribution is -2.12. The number of benzene rings is 2. The van der Waals surface area contributed by atoms with Crippen molar-refractivity contribution < 1.29 is 17.6 Å². The van der Waals surface area contributed by atoms with Gasteiger partial charge in [-0.05, 0) is 36.2 Å². The van der Waals surface area contributed by atoms with Gasteiger partial charge < -0.3 is 10.2 Å². The lowest BCUT2D eigenvalue weighted by Gasteiger charge is -2.10. The van der Waals surface area contributed by atoms with E-state index in [-0.39, 0.29) is 5.56 Å². The molecule has 0 spiro atoms. The Kier molecular flexibility index (Phi) is 3.22. The second-order valence-electron chi connectivity index (χ2n) is 4.92. The van der Waals surface area contributed by atoms with E-state index in [2.05, 4.69) is 0 Å². The first-order valence-electron chi connectivity index (χ1n) is 6.36. The third-order valence-electron chi connectivity index (χ3n) is 3.43. The third kappa shape index (κ3) is 2.29. The molecule has 1 heterocycles. The number of nitrogens with two attached hydrogens (primary N) is 1. The van der Waals surface area contributed by atoms with Gasteiger partial charge in [-0.3, -0.25) is 0 Å². The maximum Gasteiger partial charge on any atom is 0.194 e. The summed E-state index contributed by atoms with van der Waals surface area (Å²) in [6, 6.07) is 8.21. The Labute approximate surface area is 119 Å². The van der Waals surface area contributed by atoms with Gasteiger partial charge in [0.05, 0.1) is 6.04 Å². The van der Waals surface area contributed by atoms with E-state index in [4.69, 9.17) is 10.2 Å². The van der Waals surface area contributed by atoms with Gasteiger partial charge in [0, 0.05) is 5.39 Å². The molecule has 0 aliphatic carbocycles. The van der Waals surface area contributed by atoms with E-state index in [1.54, 1.807) is 6.07 Å². The zero-order valence-corrected chi connectivity index (χ0v) is 11.2. The number of rotatable bonds is 2. The molecule has 3 rings (SSSR count). The highest BCUT2D eigenvalue weighted by Crippen LogP contribution is 2.29. The maximum absolute atomic E-state index is 13.3. The van der Waals surface area contributed by atoms with Gasteiger partial charge >= 0.3 is 0 Å².